The standard InChI is InChI=1S/C15H12BrCl2N3/c1-9-2-4-12-15(19-9)21(14(20-12)6-7-17)13-5-3-10(18)8-11(13)16/h2-5,8H,6-7H2,1H3. The Balaban J connectivity index is 2.32. The molecule has 0 radical (unpaired) electrons. The van der Waals surface area contributed by atoms with Gasteiger partial charge in [-0.25, -0.2) is 9.97 Å². The lowest BCUT2D eigenvalue weighted by Gasteiger charge is -2.10. The molecule has 0 fully saturated rings. The van der Waals surface area contributed by atoms with Gasteiger partial charge in [-0.2, -0.15) is 0 Å². The number of hydrogen-bond donors (Lipinski definition) is 0. The van der Waals surface area contributed by atoms with Crippen molar-refractivity contribution in [2.24, 2.45) is 0 Å². The first kappa shape index (κ1) is 14.8. The van der Waals surface area contributed by atoms with E-state index in [1.165, 1.54) is 0 Å². The number of hydrogen-bond acceptors (Lipinski definition) is 2. The number of aryl methyl sites for hydroxylation is 2. The van der Waals surface area contributed by atoms with E-state index in [-0.39, 0.29) is 0 Å². The summed E-state index contributed by atoms with van der Waals surface area (Å²) in [5, 5.41) is 0.679. The van der Waals surface area contributed by atoms with Crippen LogP contribution in [-0.2, 0) is 6.42 Å². The molecule has 2 heterocycles. The number of fused-ring (bicyclic) bond motifs is 1. The Hall–Kier alpha value is -1.10. The molecule has 0 spiro atoms. The molecule has 0 amide bonds. The second-order valence-corrected chi connectivity index (χ2v) is 6.36. The monoisotopic (exact) mass is 383 g/mol. The molecular formula is C15H12BrCl2N3. The maximum atomic E-state index is 6.03. The zero-order valence-electron chi connectivity index (χ0n) is 11.3. The van der Waals surface area contributed by atoms with Gasteiger partial charge >= 0.3 is 0 Å². The van der Waals surface area contributed by atoms with E-state index in [9.17, 15) is 0 Å². The number of rotatable bonds is 3. The van der Waals surface area contributed by atoms with Crippen LogP contribution in [-0.4, -0.2) is 20.4 Å². The molecule has 108 valence electrons. The predicted octanol–water partition coefficient (Wildman–Crippen LogP) is 4.93. The van der Waals surface area contributed by atoms with Crippen molar-refractivity contribution in [1.29, 1.82) is 0 Å². The van der Waals surface area contributed by atoms with Crippen LogP contribution in [0.25, 0.3) is 16.9 Å². The molecule has 2 aromatic heterocycles. The van der Waals surface area contributed by atoms with Gasteiger partial charge in [0.1, 0.15) is 11.3 Å². The van der Waals surface area contributed by atoms with Gasteiger partial charge in [-0.15, -0.1) is 11.6 Å². The van der Waals surface area contributed by atoms with Gasteiger partial charge in [-0.3, -0.25) is 4.57 Å². The highest BCUT2D eigenvalue weighted by Crippen LogP contribution is 2.29. The lowest BCUT2D eigenvalue weighted by molar-refractivity contribution is 0.901. The van der Waals surface area contributed by atoms with E-state index in [0.717, 1.165) is 32.8 Å². The summed E-state index contributed by atoms with van der Waals surface area (Å²) in [5.74, 6) is 1.40. The minimum Gasteiger partial charge on any atom is -0.280 e. The normalized spacial score (nSPS) is 11.2. The Morgan fingerprint density at radius 3 is 2.71 bits per heavy atom. The third-order valence-electron chi connectivity index (χ3n) is 3.18. The van der Waals surface area contributed by atoms with Crippen LogP contribution in [0.2, 0.25) is 5.02 Å². The SMILES string of the molecule is Cc1ccc2nc(CCCl)n(-c3ccc(Cl)cc3Br)c2n1. The summed E-state index contributed by atoms with van der Waals surface area (Å²) in [7, 11) is 0. The number of aromatic nitrogens is 3. The summed E-state index contributed by atoms with van der Waals surface area (Å²) in [4.78, 5) is 9.27. The van der Waals surface area contributed by atoms with Crippen LogP contribution in [0.15, 0.2) is 34.8 Å². The molecule has 0 N–H and O–H groups in total. The summed E-state index contributed by atoms with van der Waals surface area (Å²) in [5.41, 5.74) is 3.60. The molecule has 0 saturated carbocycles. The van der Waals surface area contributed by atoms with Gasteiger partial charge in [0, 0.05) is 27.5 Å². The van der Waals surface area contributed by atoms with Gasteiger partial charge in [0.2, 0.25) is 0 Å². The largest absolute Gasteiger partial charge is 0.280 e. The third-order valence-corrected chi connectivity index (χ3v) is 4.24. The predicted molar refractivity (Wildman–Crippen MR) is 90.7 cm³/mol. The van der Waals surface area contributed by atoms with E-state index >= 15 is 0 Å². The molecular weight excluding hydrogens is 373 g/mol. The van der Waals surface area contributed by atoms with E-state index in [1.807, 2.05) is 41.8 Å². The van der Waals surface area contributed by atoms with E-state index < -0.39 is 0 Å². The van der Waals surface area contributed by atoms with Crippen LogP contribution in [0.1, 0.15) is 11.5 Å². The zero-order valence-corrected chi connectivity index (χ0v) is 14.4. The molecule has 0 atom stereocenters. The van der Waals surface area contributed by atoms with Gasteiger partial charge in [-0.05, 0) is 53.2 Å². The van der Waals surface area contributed by atoms with Gasteiger partial charge in [0.05, 0.1) is 5.69 Å². The molecule has 3 rings (SSSR count). The van der Waals surface area contributed by atoms with Crippen molar-refractivity contribution in [3.05, 3.63) is 51.3 Å². The summed E-state index contributed by atoms with van der Waals surface area (Å²) >= 11 is 15.5. The molecule has 3 nitrogen and oxygen atoms in total. The summed E-state index contributed by atoms with van der Waals surface area (Å²) < 4.78 is 2.93. The highest BCUT2D eigenvalue weighted by atomic mass is 79.9. The Bertz CT molecular complexity index is 814. The first-order valence-electron chi connectivity index (χ1n) is 6.46. The van der Waals surface area contributed by atoms with Crippen molar-refractivity contribution in [3.63, 3.8) is 0 Å². The van der Waals surface area contributed by atoms with E-state index in [1.54, 1.807) is 0 Å². The molecule has 3 aromatic rings. The van der Waals surface area contributed by atoms with Crippen LogP contribution in [0.4, 0.5) is 0 Å². The van der Waals surface area contributed by atoms with Gasteiger partial charge < -0.3 is 0 Å². The number of pyridine rings is 1. The number of halogens is 3. The summed E-state index contributed by atoms with van der Waals surface area (Å²) in [6, 6.07) is 9.61. The Morgan fingerprint density at radius 2 is 2.00 bits per heavy atom. The molecule has 1 aromatic carbocycles. The molecule has 0 aliphatic carbocycles. The van der Waals surface area contributed by atoms with Crippen LogP contribution in [0, 0.1) is 6.92 Å². The smallest absolute Gasteiger partial charge is 0.164 e. The zero-order chi connectivity index (χ0) is 15.0. The topological polar surface area (TPSA) is 30.7 Å². The lowest BCUT2D eigenvalue weighted by Crippen LogP contribution is -2.04. The minimum atomic E-state index is 0.507. The van der Waals surface area contributed by atoms with Crippen LogP contribution in [0.3, 0.4) is 0 Å². The van der Waals surface area contributed by atoms with E-state index in [2.05, 4.69) is 25.9 Å². The van der Waals surface area contributed by atoms with Crippen LogP contribution < -0.4 is 0 Å². The van der Waals surface area contributed by atoms with Crippen molar-refractivity contribution in [1.82, 2.24) is 14.5 Å². The van der Waals surface area contributed by atoms with Gasteiger partial charge in [0.25, 0.3) is 0 Å². The summed E-state index contributed by atoms with van der Waals surface area (Å²) in [6.45, 7) is 1.97. The number of alkyl halides is 1. The quantitative estimate of drug-likeness (QED) is 0.599. The maximum absolute atomic E-state index is 6.03. The van der Waals surface area contributed by atoms with E-state index in [4.69, 9.17) is 23.2 Å². The molecule has 0 aliphatic rings. The minimum absolute atomic E-state index is 0.507. The second-order valence-electron chi connectivity index (χ2n) is 4.69. The first-order chi connectivity index (χ1) is 10.1. The van der Waals surface area contributed by atoms with Crippen molar-refractivity contribution in [3.8, 4) is 5.69 Å². The molecule has 6 heteroatoms. The van der Waals surface area contributed by atoms with Crippen molar-refractivity contribution in [2.45, 2.75) is 13.3 Å². The van der Waals surface area contributed by atoms with Crippen molar-refractivity contribution < 1.29 is 0 Å². The fraction of sp³-hybridized carbons (Fsp3) is 0.200. The maximum Gasteiger partial charge on any atom is 0.164 e. The van der Waals surface area contributed by atoms with Gasteiger partial charge in [-0.1, -0.05) is 11.6 Å². The van der Waals surface area contributed by atoms with Gasteiger partial charge in [0.15, 0.2) is 5.65 Å². The Morgan fingerprint density at radius 1 is 1.19 bits per heavy atom. The third kappa shape index (κ3) is 2.80. The lowest BCUT2D eigenvalue weighted by atomic mass is 10.3. The Labute approximate surface area is 141 Å². The first-order valence-corrected chi connectivity index (χ1v) is 8.17. The number of imidazole rings is 1. The summed E-state index contributed by atoms with van der Waals surface area (Å²) in [6.07, 6.45) is 0.673. The highest BCUT2D eigenvalue weighted by Gasteiger charge is 2.15. The number of benzene rings is 1. The fourth-order valence-corrected chi connectivity index (χ4v) is 3.30. The molecule has 0 unspecified atom stereocenters. The molecule has 0 bridgehead atoms. The van der Waals surface area contributed by atoms with Crippen molar-refractivity contribution >= 4 is 50.3 Å². The molecule has 21 heavy (non-hydrogen) atoms. The average molecular weight is 385 g/mol. The fourth-order valence-electron chi connectivity index (χ4n) is 2.27. The molecule has 0 saturated heterocycles. The molecule has 0 aliphatic heterocycles. The highest BCUT2D eigenvalue weighted by molar-refractivity contribution is 9.10. The average Bonchev–Trinajstić information content (AvgIpc) is 2.77. The van der Waals surface area contributed by atoms with Crippen LogP contribution >= 0.6 is 39.1 Å². The second kappa shape index (κ2) is 5.95. The number of nitrogens with zero attached hydrogens (tertiary/aromatic N) is 3. The van der Waals surface area contributed by atoms with E-state index in [0.29, 0.717) is 17.3 Å². The van der Waals surface area contributed by atoms with Crippen molar-refractivity contribution in [2.75, 3.05) is 5.88 Å². The Kier molecular flexibility index (Phi) is 4.20. The van der Waals surface area contributed by atoms with Crippen LogP contribution in [0.5, 0.6) is 0 Å².